The molecule has 0 saturated carbocycles. The molecular formula is C9H36Al2Mg2O15Si5. The summed E-state index contributed by atoms with van der Waals surface area (Å²) in [6.45, 7) is 3.70. The minimum atomic E-state index is -3.13. The second-order valence-corrected chi connectivity index (χ2v) is 8.08. The molecule has 0 unspecified atom stereocenters. The SMILES string of the molecule is C=CCCCCCC[CH2][AlH2].O=[Si](O)O.O=[Si](O)O.O=[Si](O)O.O=[Si](O)O.O=[Si](O)O.[AlH3].[H-].[H-].[H-].[H-].[Mg+2].[Mg+2]. The monoisotopic (exact) mass is 626 g/mol. The van der Waals surface area contributed by atoms with Gasteiger partial charge in [-0.1, -0.05) is 31.8 Å². The van der Waals surface area contributed by atoms with Crippen molar-refractivity contribution in [3.05, 3.63) is 12.7 Å². The van der Waals surface area contributed by atoms with Gasteiger partial charge in [0.15, 0.2) is 17.4 Å². The van der Waals surface area contributed by atoms with Crippen molar-refractivity contribution in [3.8, 4) is 0 Å². The molecule has 15 nitrogen and oxygen atoms in total. The average molecular weight is 627 g/mol. The Bertz CT molecular complexity index is 396. The molecule has 0 atom stereocenters. The average Bonchev–Trinajstić information content (AvgIpc) is 2.48. The van der Waals surface area contributed by atoms with Gasteiger partial charge in [0.2, 0.25) is 16.3 Å². The Labute approximate surface area is 256 Å². The van der Waals surface area contributed by atoms with Crippen molar-refractivity contribution in [2.75, 3.05) is 0 Å². The van der Waals surface area contributed by atoms with Gasteiger partial charge in [0.05, 0.1) is 0 Å². The first-order chi connectivity index (χ1) is 13.6. The maximum atomic E-state index is 8.74. The molecule has 192 valence electrons. The number of hydrogen-bond acceptors (Lipinski definition) is 5. The minimum absolute atomic E-state index is 0. The molecule has 0 radical (unpaired) electrons. The number of allylic oxidation sites excluding steroid dienone is 1. The number of rotatable bonds is 7. The van der Waals surface area contributed by atoms with Crippen LogP contribution >= 0.6 is 0 Å². The number of unbranched alkanes of at least 4 members (excludes halogenated alkanes) is 5. The van der Waals surface area contributed by atoms with Crippen molar-refractivity contribution >= 4 is 126 Å². The molecule has 0 spiro atoms. The summed E-state index contributed by atoms with van der Waals surface area (Å²) in [4.78, 5) is 71.6. The fraction of sp³-hybridized carbons (Fsp3) is 0.778. The Balaban J connectivity index is -0.0000000172. The topological polar surface area (TPSA) is 288 Å². The van der Waals surface area contributed by atoms with Crippen molar-refractivity contribution in [1.82, 2.24) is 0 Å². The summed E-state index contributed by atoms with van der Waals surface area (Å²) in [5, 5.41) is 1.49. The van der Waals surface area contributed by atoms with Crippen LogP contribution in [0.5, 0.6) is 0 Å². The van der Waals surface area contributed by atoms with Gasteiger partial charge in [0.25, 0.3) is 0 Å². The zero-order valence-electron chi connectivity index (χ0n) is 21.7. The molecule has 0 heterocycles. The van der Waals surface area contributed by atoms with Crippen LogP contribution in [0.15, 0.2) is 12.7 Å². The third-order valence-corrected chi connectivity index (χ3v) is 2.47. The first kappa shape index (κ1) is 58.9. The summed E-state index contributed by atoms with van der Waals surface area (Å²) in [6, 6.07) is 0. The predicted octanol–water partition coefficient (Wildman–Crippen LogP) is -7.00. The molecule has 0 aliphatic rings. The van der Waals surface area contributed by atoms with E-state index in [0.29, 0.717) is 0 Å². The van der Waals surface area contributed by atoms with Gasteiger partial charge in [-0.25, -0.2) is 0 Å². The third-order valence-electron chi connectivity index (χ3n) is 1.76. The van der Waals surface area contributed by atoms with E-state index in [2.05, 4.69) is 6.58 Å². The fourth-order valence-corrected chi connectivity index (χ4v) is 1.57. The molecule has 0 fully saturated rings. The van der Waals surface area contributed by atoms with Gasteiger partial charge in [-0.15, -0.1) is 11.9 Å². The molecule has 0 aliphatic carbocycles. The van der Waals surface area contributed by atoms with Crippen LogP contribution in [0, 0.1) is 0 Å². The standard InChI is InChI=1S/C9H17.2Al.2Mg.5H2O3Si.9H/c1-3-5-7-9-8-6-4-2;;;;;5*1-4(2)3;;;;;;;;;/h3H,1-2,4-9H2;;;;;5*1-2H;;;;;;;;;/q;;;2*+2;;;;;;;;;;;4*-1. The van der Waals surface area contributed by atoms with Crippen LogP contribution in [0.4, 0.5) is 0 Å². The second kappa shape index (κ2) is 58.4. The normalized spacial score (nSPS) is 6.55. The molecule has 0 aromatic carbocycles. The molecule has 0 amide bonds. The van der Waals surface area contributed by atoms with Gasteiger partial charge in [-0.05, 0) is 12.8 Å². The van der Waals surface area contributed by atoms with Gasteiger partial charge >= 0.3 is 92.0 Å². The molecule has 0 aromatic heterocycles. The Hall–Kier alpha value is 0.422. The largest absolute Gasteiger partial charge is 2.00 e. The summed E-state index contributed by atoms with van der Waals surface area (Å²) in [7, 11) is -15.6. The van der Waals surface area contributed by atoms with Crippen molar-refractivity contribution < 1.29 is 76.0 Å². The van der Waals surface area contributed by atoms with Gasteiger partial charge in [0.1, 0.15) is 0 Å². The molecule has 24 heteroatoms. The third kappa shape index (κ3) is 545. The van der Waals surface area contributed by atoms with E-state index in [1.54, 1.807) is 0 Å². The molecule has 0 bridgehead atoms. The zero-order chi connectivity index (χ0) is 25.5. The van der Waals surface area contributed by atoms with E-state index in [4.69, 9.17) is 70.3 Å². The maximum Gasteiger partial charge on any atom is 2.00 e. The van der Waals surface area contributed by atoms with Crippen LogP contribution in [-0.4, -0.2) is 174 Å². The van der Waals surface area contributed by atoms with Crippen molar-refractivity contribution in [3.63, 3.8) is 0 Å². The van der Waals surface area contributed by atoms with Crippen molar-refractivity contribution in [2.24, 2.45) is 0 Å². The Morgan fingerprint density at radius 2 is 0.758 bits per heavy atom. The molecule has 33 heavy (non-hydrogen) atoms. The van der Waals surface area contributed by atoms with Crippen molar-refractivity contribution in [1.29, 1.82) is 0 Å². The molecular weight excluding hydrogens is 591 g/mol. The van der Waals surface area contributed by atoms with Crippen LogP contribution in [0.25, 0.3) is 0 Å². The van der Waals surface area contributed by atoms with E-state index in [1.165, 1.54) is 60.1 Å². The van der Waals surface area contributed by atoms with Crippen LogP contribution < -0.4 is 0 Å². The molecule has 0 aromatic rings. The maximum absolute atomic E-state index is 8.74. The Morgan fingerprint density at radius 3 is 0.939 bits per heavy atom. The van der Waals surface area contributed by atoms with Crippen LogP contribution in [0.2, 0.25) is 5.28 Å². The predicted molar refractivity (Wildman–Crippen MR) is 132 cm³/mol. The van der Waals surface area contributed by atoms with Gasteiger partial charge in [-0.3, -0.25) is 22.3 Å². The minimum Gasteiger partial charge on any atom is -1.00 e. The number of hydrogen-bond donors (Lipinski definition) is 10. The van der Waals surface area contributed by atoms with E-state index < -0.39 is 45.9 Å². The quantitative estimate of drug-likeness (QED) is 0.0713. The first-order valence-corrected chi connectivity index (χ1v) is 15.7. The first-order valence-electron chi connectivity index (χ1n) is 7.78. The van der Waals surface area contributed by atoms with Gasteiger partial charge in [0, 0.05) is 0 Å². The zero-order valence-corrected chi connectivity index (χ0v) is 27.5. The van der Waals surface area contributed by atoms with Gasteiger partial charge in [-0.2, -0.15) is 0 Å². The summed E-state index contributed by atoms with van der Waals surface area (Å²) >= 11 is 1.39. The fourth-order valence-electron chi connectivity index (χ4n) is 1.07. The molecule has 0 saturated heterocycles. The van der Waals surface area contributed by atoms with Crippen LogP contribution in [0.3, 0.4) is 0 Å². The van der Waals surface area contributed by atoms with Crippen LogP contribution in [-0.2, 0) is 22.3 Å². The van der Waals surface area contributed by atoms with E-state index in [9.17, 15) is 0 Å². The summed E-state index contributed by atoms with van der Waals surface area (Å²) in [6.07, 6.45) is 10.4. The molecule has 0 aliphatic heterocycles. The van der Waals surface area contributed by atoms with E-state index >= 15 is 0 Å². The molecule has 10 N–H and O–H groups in total. The van der Waals surface area contributed by atoms with E-state index in [0.717, 1.165) is 0 Å². The second-order valence-electron chi connectivity index (χ2n) is 4.26. The van der Waals surface area contributed by atoms with Gasteiger partial charge < -0.3 is 53.7 Å². The van der Waals surface area contributed by atoms with Crippen LogP contribution in [0.1, 0.15) is 44.2 Å². The summed E-state index contributed by atoms with van der Waals surface area (Å²) in [5.41, 5.74) is 0. The van der Waals surface area contributed by atoms with E-state index in [1.807, 2.05) is 6.08 Å². The Kier molecular flexibility index (Phi) is 104. The van der Waals surface area contributed by atoms with Crippen molar-refractivity contribution in [2.45, 2.75) is 43.8 Å². The Morgan fingerprint density at radius 1 is 0.576 bits per heavy atom. The summed E-state index contributed by atoms with van der Waals surface area (Å²) in [5.74, 6) is 0. The van der Waals surface area contributed by atoms with E-state index in [-0.39, 0.29) is 69.2 Å². The molecule has 0 rings (SSSR count). The summed E-state index contributed by atoms with van der Waals surface area (Å²) < 4.78 is 43.7. The smallest absolute Gasteiger partial charge is 1.00 e.